The number of anilines is 1. The van der Waals surface area contributed by atoms with Crippen LogP contribution < -0.4 is 5.32 Å². The first kappa shape index (κ1) is 14.1. The highest BCUT2D eigenvalue weighted by Crippen LogP contribution is 2.26. The Morgan fingerprint density at radius 3 is 2.67 bits per heavy atom. The molecule has 2 aromatic heterocycles. The van der Waals surface area contributed by atoms with E-state index in [9.17, 15) is 0 Å². The molecule has 2 aromatic rings. The maximum absolute atomic E-state index is 5.87. The fourth-order valence-corrected chi connectivity index (χ4v) is 2.94. The Labute approximate surface area is 126 Å². The number of furan rings is 1. The number of rotatable bonds is 5. The second kappa shape index (κ2) is 6.31. The average molecular weight is 285 g/mol. The van der Waals surface area contributed by atoms with Crippen LogP contribution >= 0.6 is 0 Å². The second-order valence-electron chi connectivity index (χ2n) is 5.75. The smallest absolute Gasteiger partial charge is 0.126 e. The molecule has 0 amide bonds. The van der Waals surface area contributed by atoms with Crippen LogP contribution in [0.3, 0.4) is 0 Å². The molecular formula is C17H23N3O. The van der Waals surface area contributed by atoms with E-state index in [1.165, 1.54) is 12.8 Å². The molecule has 3 heterocycles. The van der Waals surface area contributed by atoms with Crippen molar-refractivity contribution in [2.24, 2.45) is 0 Å². The summed E-state index contributed by atoms with van der Waals surface area (Å²) in [5, 5.41) is 3.46. The number of hydrogen-bond donors (Lipinski definition) is 1. The predicted octanol–water partition coefficient (Wildman–Crippen LogP) is 3.54. The quantitative estimate of drug-likeness (QED) is 0.912. The topological polar surface area (TPSA) is 41.3 Å². The van der Waals surface area contributed by atoms with Crippen LogP contribution in [0.4, 0.5) is 5.82 Å². The Bertz CT molecular complexity index is 587. The largest absolute Gasteiger partial charge is 0.465 e. The maximum Gasteiger partial charge on any atom is 0.126 e. The van der Waals surface area contributed by atoms with Gasteiger partial charge in [-0.2, -0.15) is 0 Å². The number of aromatic nitrogens is 1. The lowest BCUT2D eigenvalue weighted by Gasteiger charge is -2.26. The summed E-state index contributed by atoms with van der Waals surface area (Å²) < 4.78 is 5.87. The van der Waals surface area contributed by atoms with Gasteiger partial charge in [-0.15, -0.1) is 0 Å². The van der Waals surface area contributed by atoms with Crippen molar-refractivity contribution in [2.75, 3.05) is 25.0 Å². The van der Waals surface area contributed by atoms with Crippen LogP contribution in [-0.4, -0.2) is 29.5 Å². The Kier molecular flexibility index (Phi) is 4.25. The van der Waals surface area contributed by atoms with Gasteiger partial charge in [0.15, 0.2) is 0 Å². The van der Waals surface area contributed by atoms with Gasteiger partial charge in [0.25, 0.3) is 0 Å². The Hall–Kier alpha value is -1.81. The van der Waals surface area contributed by atoms with Crippen LogP contribution in [0.5, 0.6) is 0 Å². The van der Waals surface area contributed by atoms with Crippen LogP contribution in [0.2, 0.25) is 0 Å². The number of likely N-dealkylation sites (tertiary alicyclic amines) is 1. The third kappa shape index (κ3) is 3.45. The van der Waals surface area contributed by atoms with E-state index in [-0.39, 0.29) is 6.04 Å². The van der Waals surface area contributed by atoms with Crippen LogP contribution in [-0.2, 0) is 0 Å². The van der Waals surface area contributed by atoms with Crippen LogP contribution in [0.1, 0.15) is 36.1 Å². The van der Waals surface area contributed by atoms with E-state index in [0.717, 1.165) is 42.7 Å². The van der Waals surface area contributed by atoms with Gasteiger partial charge in [0.1, 0.15) is 17.3 Å². The van der Waals surface area contributed by atoms with Crippen LogP contribution in [0.15, 0.2) is 34.7 Å². The zero-order valence-electron chi connectivity index (χ0n) is 12.8. The lowest BCUT2D eigenvalue weighted by Crippen LogP contribution is -2.30. The van der Waals surface area contributed by atoms with Gasteiger partial charge in [-0.3, -0.25) is 4.90 Å². The van der Waals surface area contributed by atoms with E-state index < -0.39 is 0 Å². The zero-order chi connectivity index (χ0) is 14.7. The normalized spacial score (nSPS) is 17.0. The number of aryl methyl sites for hydroxylation is 2. The molecule has 0 bridgehead atoms. The lowest BCUT2D eigenvalue weighted by atomic mass is 10.2. The molecule has 1 unspecified atom stereocenters. The summed E-state index contributed by atoms with van der Waals surface area (Å²) in [6.45, 7) is 7.13. The van der Waals surface area contributed by atoms with E-state index in [2.05, 4.69) is 21.3 Å². The first-order valence-corrected chi connectivity index (χ1v) is 7.70. The van der Waals surface area contributed by atoms with Gasteiger partial charge in [0.2, 0.25) is 0 Å². The van der Waals surface area contributed by atoms with Crippen molar-refractivity contribution in [3.8, 4) is 0 Å². The molecule has 3 rings (SSSR count). The third-order valence-corrected chi connectivity index (χ3v) is 4.04. The van der Waals surface area contributed by atoms with Crippen molar-refractivity contribution in [1.82, 2.24) is 9.88 Å². The molecule has 0 spiro atoms. The number of nitrogens with one attached hydrogen (secondary N) is 1. The molecule has 1 atom stereocenters. The number of pyridine rings is 1. The summed E-state index contributed by atoms with van der Waals surface area (Å²) in [6, 6.07) is 10.5. The van der Waals surface area contributed by atoms with Crippen LogP contribution in [0, 0.1) is 13.8 Å². The summed E-state index contributed by atoms with van der Waals surface area (Å²) in [5.41, 5.74) is 1.03. The molecule has 21 heavy (non-hydrogen) atoms. The van der Waals surface area contributed by atoms with E-state index in [1.54, 1.807) is 0 Å². The van der Waals surface area contributed by atoms with Crippen molar-refractivity contribution < 1.29 is 4.42 Å². The predicted molar refractivity (Wildman–Crippen MR) is 84.5 cm³/mol. The van der Waals surface area contributed by atoms with E-state index in [4.69, 9.17) is 4.42 Å². The summed E-state index contributed by atoms with van der Waals surface area (Å²) in [4.78, 5) is 7.01. The molecule has 1 aliphatic heterocycles. The van der Waals surface area contributed by atoms with E-state index >= 15 is 0 Å². The molecule has 0 radical (unpaired) electrons. The van der Waals surface area contributed by atoms with Gasteiger partial charge < -0.3 is 9.73 Å². The Morgan fingerprint density at radius 2 is 2.00 bits per heavy atom. The monoisotopic (exact) mass is 285 g/mol. The highest BCUT2D eigenvalue weighted by molar-refractivity contribution is 5.35. The first-order chi connectivity index (χ1) is 10.2. The Balaban J connectivity index is 1.73. The second-order valence-corrected chi connectivity index (χ2v) is 5.75. The van der Waals surface area contributed by atoms with Gasteiger partial charge in [0, 0.05) is 12.2 Å². The molecule has 0 saturated carbocycles. The van der Waals surface area contributed by atoms with Gasteiger partial charge in [-0.25, -0.2) is 4.98 Å². The molecule has 4 nitrogen and oxygen atoms in total. The molecule has 1 aliphatic rings. The van der Waals surface area contributed by atoms with Crippen molar-refractivity contribution >= 4 is 5.82 Å². The molecule has 1 saturated heterocycles. The minimum atomic E-state index is 0.281. The van der Waals surface area contributed by atoms with Gasteiger partial charge in [-0.05, 0) is 64.0 Å². The van der Waals surface area contributed by atoms with Crippen molar-refractivity contribution in [3.63, 3.8) is 0 Å². The first-order valence-electron chi connectivity index (χ1n) is 7.70. The van der Waals surface area contributed by atoms with E-state index in [1.807, 2.05) is 38.1 Å². The average Bonchev–Trinajstić information content (AvgIpc) is 3.12. The van der Waals surface area contributed by atoms with Crippen molar-refractivity contribution in [2.45, 2.75) is 32.7 Å². The molecule has 0 aromatic carbocycles. The highest BCUT2D eigenvalue weighted by Gasteiger charge is 2.25. The highest BCUT2D eigenvalue weighted by atomic mass is 16.3. The standard InChI is InChI=1S/C17H23N3O/c1-13-6-5-7-17(19-13)18-12-15(20-10-3-4-11-20)16-9-8-14(2)21-16/h5-9,15H,3-4,10-12H2,1-2H3,(H,18,19). The summed E-state index contributed by atoms with van der Waals surface area (Å²) in [5.74, 6) is 2.96. The van der Waals surface area contributed by atoms with Crippen molar-refractivity contribution in [1.29, 1.82) is 0 Å². The molecule has 1 N–H and O–H groups in total. The van der Waals surface area contributed by atoms with Crippen LogP contribution in [0.25, 0.3) is 0 Å². The molecule has 4 heteroatoms. The molecular weight excluding hydrogens is 262 g/mol. The van der Waals surface area contributed by atoms with E-state index in [0.29, 0.717) is 0 Å². The van der Waals surface area contributed by atoms with Gasteiger partial charge >= 0.3 is 0 Å². The van der Waals surface area contributed by atoms with Crippen molar-refractivity contribution in [3.05, 3.63) is 47.5 Å². The SMILES string of the molecule is Cc1cccc(NCC(c2ccc(C)o2)N2CCCC2)n1. The number of nitrogens with zero attached hydrogens (tertiary/aromatic N) is 2. The molecule has 1 fully saturated rings. The minimum absolute atomic E-state index is 0.281. The third-order valence-electron chi connectivity index (χ3n) is 4.04. The summed E-state index contributed by atoms with van der Waals surface area (Å²) >= 11 is 0. The number of hydrogen-bond acceptors (Lipinski definition) is 4. The fraction of sp³-hybridized carbons (Fsp3) is 0.471. The Morgan fingerprint density at radius 1 is 1.19 bits per heavy atom. The molecule has 112 valence electrons. The van der Waals surface area contributed by atoms with Gasteiger partial charge in [0.05, 0.1) is 6.04 Å². The van der Waals surface area contributed by atoms with Gasteiger partial charge in [-0.1, -0.05) is 6.07 Å². The summed E-state index contributed by atoms with van der Waals surface area (Å²) in [7, 11) is 0. The fourth-order valence-electron chi connectivity index (χ4n) is 2.94. The lowest BCUT2D eigenvalue weighted by molar-refractivity contribution is 0.223. The maximum atomic E-state index is 5.87. The zero-order valence-corrected chi connectivity index (χ0v) is 12.8. The minimum Gasteiger partial charge on any atom is -0.465 e. The summed E-state index contributed by atoms with van der Waals surface area (Å²) in [6.07, 6.45) is 2.55. The molecule has 0 aliphatic carbocycles.